The van der Waals surface area contributed by atoms with Gasteiger partial charge in [-0.3, -0.25) is 0 Å². The van der Waals surface area contributed by atoms with Gasteiger partial charge in [-0.1, -0.05) is 0 Å². The average Bonchev–Trinajstić information content (AvgIpc) is 2.41. The molecule has 0 radical (unpaired) electrons. The summed E-state index contributed by atoms with van der Waals surface area (Å²) >= 11 is -0.0768. The van der Waals surface area contributed by atoms with Crippen molar-refractivity contribution >= 4 is 12.7 Å². The summed E-state index contributed by atoms with van der Waals surface area (Å²) in [7, 11) is 0. The summed E-state index contributed by atoms with van der Waals surface area (Å²) in [6.07, 6.45) is 1.17. The number of aliphatic imine (C=N–C) groups is 1. The minimum absolute atomic E-state index is 0.0768. The number of halogens is 1. The molecule has 1 aromatic heterocycles. The molecule has 0 bridgehead atoms. The van der Waals surface area contributed by atoms with Gasteiger partial charge in [0.05, 0.1) is 0 Å². The van der Waals surface area contributed by atoms with Crippen molar-refractivity contribution in [1.29, 1.82) is 0 Å². The standard InChI is InChI=1S/C8H13IN3O/c1-4-5-9-7-6(2)12(13)8(10-3)11-7/h13H,3-5H2,1-2H3/q-1. The Kier molecular flexibility index (Phi) is 3.71. The molecule has 0 saturated carbocycles. The second-order valence-corrected chi connectivity index (χ2v) is 5.44. The summed E-state index contributed by atoms with van der Waals surface area (Å²) in [6.45, 7) is 7.35. The predicted molar refractivity (Wildman–Crippen MR) is 47.2 cm³/mol. The van der Waals surface area contributed by atoms with Crippen molar-refractivity contribution in [2.45, 2.75) is 20.3 Å². The monoisotopic (exact) mass is 294 g/mol. The fourth-order valence-electron chi connectivity index (χ4n) is 0.866. The number of alkyl halides is 1. The molecule has 0 fully saturated rings. The summed E-state index contributed by atoms with van der Waals surface area (Å²) in [5.41, 5.74) is 0.809. The zero-order chi connectivity index (χ0) is 9.84. The molecule has 1 N–H and O–H groups in total. The number of nitrogens with zero attached hydrogens (tertiary/aromatic N) is 3. The van der Waals surface area contributed by atoms with E-state index in [4.69, 9.17) is 0 Å². The van der Waals surface area contributed by atoms with Crippen molar-refractivity contribution in [2.24, 2.45) is 4.99 Å². The van der Waals surface area contributed by atoms with Gasteiger partial charge < -0.3 is 0 Å². The van der Waals surface area contributed by atoms with Crippen LogP contribution in [0.1, 0.15) is 19.0 Å². The van der Waals surface area contributed by atoms with E-state index < -0.39 is 0 Å². The molecule has 4 nitrogen and oxygen atoms in total. The molecule has 0 unspecified atom stereocenters. The molecular formula is C8H13IN3O-. The van der Waals surface area contributed by atoms with E-state index in [9.17, 15) is 5.21 Å². The van der Waals surface area contributed by atoms with E-state index in [1.54, 1.807) is 0 Å². The SMILES string of the molecule is C=Nc1nc([I-]CCC)c(C)n1O. The maximum atomic E-state index is 9.46. The van der Waals surface area contributed by atoms with Gasteiger partial charge in [0.2, 0.25) is 0 Å². The first kappa shape index (κ1) is 10.5. The molecule has 74 valence electrons. The minimum atomic E-state index is -0.0768. The first-order valence-corrected chi connectivity index (χ1v) is 6.65. The predicted octanol–water partition coefficient (Wildman–Crippen LogP) is -1.57. The Morgan fingerprint density at radius 3 is 2.85 bits per heavy atom. The third-order valence-corrected chi connectivity index (χ3v) is 4.92. The summed E-state index contributed by atoms with van der Waals surface area (Å²) in [6, 6.07) is 0. The third-order valence-electron chi connectivity index (χ3n) is 1.56. The van der Waals surface area contributed by atoms with Crippen molar-refractivity contribution in [3.8, 4) is 0 Å². The number of hydrogen-bond donors (Lipinski definition) is 1. The van der Waals surface area contributed by atoms with Crippen molar-refractivity contribution in [1.82, 2.24) is 9.71 Å². The molecule has 0 amide bonds. The molecule has 0 aliphatic carbocycles. The van der Waals surface area contributed by atoms with Crippen LogP contribution >= 0.6 is 0 Å². The van der Waals surface area contributed by atoms with Crippen LogP contribution < -0.4 is 21.2 Å². The fraction of sp³-hybridized carbons (Fsp3) is 0.500. The normalized spacial score (nSPS) is 10.6. The summed E-state index contributed by atoms with van der Waals surface area (Å²) in [5, 5.41) is 9.46. The molecule has 0 aliphatic heterocycles. The van der Waals surface area contributed by atoms with Crippen LogP contribution in [0.2, 0.25) is 0 Å². The van der Waals surface area contributed by atoms with Crippen LogP contribution in [0.5, 0.6) is 0 Å². The van der Waals surface area contributed by atoms with Crippen LogP contribution in [0.3, 0.4) is 0 Å². The number of imidazole rings is 1. The Bertz CT molecular complexity index is 309. The van der Waals surface area contributed by atoms with Gasteiger partial charge in [-0.25, -0.2) is 0 Å². The Hall–Kier alpha value is -0.590. The second-order valence-electron chi connectivity index (χ2n) is 2.58. The maximum absolute atomic E-state index is 9.46. The van der Waals surface area contributed by atoms with E-state index in [1.165, 1.54) is 10.8 Å². The van der Waals surface area contributed by atoms with Gasteiger partial charge in [0.25, 0.3) is 0 Å². The van der Waals surface area contributed by atoms with E-state index in [-0.39, 0.29) is 21.2 Å². The molecule has 0 atom stereocenters. The zero-order valence-corrected chi connectivity index (χ0v) is 9.95. The Morgan fingerprint density at radius 1 is 1.69 bits per heavy atom. The molecule has 1 rings (SSSR count). The van der Waals surface area contributed by atoms with Crippen molar-refractivity contribution < 1.29 is 26.4 Å². The van der Waals surface area contributed by atoms with E-state index in [1.807, 2.05) is 6.92 Å². The van der Waals surface area contributed by atoms with Crippen LogP contribution in [-0.2, 0) is 0 Å². The molecule has 1 aromatic rings. The second kappa shape index (κ2) is 4.59. The van der Waals surface area contributed by atoms with E-state index in [0.717, 1.165) is 14.1 Å². The van der Waals surface area contributed by atoms with Crippen molar-refractivity contribution in [2.75, 3.05) is 4.43 Å². The first-order valence-electron chi connectivity index (χ1n) is 4.05. The zero-order valence-electron chi connectivity index (χ0n) is 7.79. The Labute approximate surface area is 87.9 Å². The van der Waals surface area contributed by atoms with Gasteiger partial charge in [0.15, 0.2) is 0 Å². The van der Waals surface area contributed by atoms with Gasteiger partial charge in [0.1, 0.15) is 0 Å². The Balaban J connectivity index is 2.89. The van der Waals surface area contributed by atoms with Crippen LogP contribution in [0.15, 0.2) is 4.99 Å². The molecule has 0 aliphatic rings. The molecule has 1 heterocycles. The summed E-state index contributed by atoms with van der Waals surface area (Å²) in [5.74, 6) is 0.309. The molecule has 5 heteroatoms. The summed E-state index contributed by atoms with van der Waals surface area (Å²) in [4.78, 5) is 7.83. The van der Waals surface area contributed by atoms with Gasteiger partial charge in [-0.05, 0) is 0 Å². The third kappa shape index (κ3) is 2.20. The fourth-order valence-corrected chi connectivity index (χ4v) is 3.08. The molecular weight excluding hydrogens is 281 g/mol. The van der Waals surface area contributed by atoms with Crippen molar-refractivity contribution in [3.05, 3.63) is 9.39 Å². The number of hydrogen-bond acceptors (Lipinski definition) is 3. The number of aromatic nitrogens is 2. The van der Waals surface area contributed by atoms with Crippen molar-refractivity contribution in [3.63, 3.8) is 0 Å². The van der Waals surface area contributed by atoms with Crippen LogP contribution in [0, 0.1) is 10.6 Å². The number of rotatable bonds is 4. The summed E-state index contributed by atoms with van der Waals surface area (Å²) < 4.78 is 3.22. The average molecular weight is 294 g/mol. The molecule has 0 aromatic carbocycles. The Morgan fingerprint density at radius 2 is 2.38 bits per heavy atom. The van der Waals surface area contributed by atoms with Gasteiger partial charge in [-0.15, -0.1) is 0 Å². The quantitative estimate of drug-likeness (QED) is 0.316. The van der Waals surface area contributed by atoms with Gasteiger partial charge in [-0.2, -0.15) is 0 Å². The molecule has 13 heavy (non-hydrogen) atoms. The van der Waals surface area contributed by atoms with E-state index in [0.29, 0.717) is 5.95 Å². The first-order chi connectivity index (χ1) is 6.20. The topological polar surface area (TPSA) is 50.4 Å². The van der Waals surface area contributed by atoms with E-state index >= 15 is 0 Å². The van der Waals surface area contributed by atoms with Gasteiger partial charge in [0, 0.05) is 0 Å². The van der Waals surface area contributed by atoms with Crippen LogP contribution in [0.4, 0.5) is 5.95 Å². The van der Waals surface area contributed by atoms with Crippen LogP contribution in [-0.4, -0.2) is 26.1 Å². The van der Waals surface area contributed by atoms with Gasteiger partial charge >= 0.3 is 87.9 Å². The molecule has 0 spiro atoms. The van der Waals surface area contributed by atoms with E-state index in [2.05, 4.69) is 23.6 Å². The van der Waals surface area contributed by atoms with Crippen LogP contribution in [0.25, 0.3) is 0 Å². The molecule has 0 saturated heterocycles.